The minimum atomic E-state index is -1.34. The summed E-state index contributed by atoms with van der Waals surface area (Å²) in [4.78, 5) is 37.9. The summed E-state index contributed by atoms with van der Waals surface area (Å²) < 4.78 is 5.39. The van der Waals surface area contributed by atoms with Crippen molar-refractivity contribution >= 4 is 17.5 Å². The number of carbonyl (C=O) groups excluding carboxylic acids is 3. The number of carbonyl (C=O) groups is 3. The first-order valence-electron chi connectivity index (χ1n) is 9.56. The lowest BCUT2D eigenvalue weighted by atomic mass is 9.69. The molecule has 5 N–H and O–H groups in total. The van der Waals surface area contributed by atoms with Gasteiger partial charge in [0, 0.05) is 29.2 Å². The molecule has 8 nitrogen and oxygen atoms in total. The molecule has 2 aromatic rings. The van der Waals surface area contributed by atoms with Gasteiger partial charge in [0.25, 0.3) is 0 Å². The number of esters is 1. The van der Waals surface area contributed by atoms with Gasteiger partial charge in [0.1, 0.15) is 17.6 Å². The highest BCUT2D eigenvalue weighted by atomic mass is 16.5. The van der Waals surface area contributed by atoms with E-state index in [4.69, 9.17) is 10.5 Å². The Morgan fingerprint density at radius 2 is 1.60 bits per heavy atom. The van der Waals surface area contributed by atoms with Gasteiger partial charge < -0.3 is 25.8 Å². The fraction of sp³-hybridized carbons (Fsp3) is 0.318. The Morgan fingerprint density at radius 3 is 2.07 bits per heavy atom. The zero-order chi connectivity index (χ0) is 22.0. The molecule has 0 unspecified atom stereocenters. The third-order valence-electron chi connectivity index (χ3n) is 6.03. The van der Waals surface area contributed by atoms with E-state index >= 15 is 0 Å². The van der Waals surface area contributed by atoms with Crippen LogP contribution in [0.25, 0.3) is 0 Å². The van der Waals surface area contributed by atoms with E-state index in [1.54, 1.807) is 19.1 Å². The van der Waals surface area contributed by atoms with Gasteiger partial charge in [-0.2, -0.15) is 0 Å². The van der Waals surface area contributed by atoms with Gasteiger partial charge in [-0.3, -0.25) is 14.4 Å². The molecule has 0 saturated carbocycles. The van der Waals surface area contributed by atoms with Crippen LogP contribution in [0.3, 0.4) is 0 Å². The average molecular weight is 411 g/mol. The Bertz CT molecular complexity index is 1120. The van der Waals surface area contributed by atoms with Crippen molar-refractivity contribution in [2.75, 3.05) is 0 Å². The molecular weight excluding hydrogens is 390 g/mol. The Kier molecular flexibility index (Phi) is 4.44. The molecule has 3 atom stereocenters. The molecule has 8 heteroatoms. The van der Waals surface area contributed by atoms with Crippen LogP contribution in [0.2, 0.25) is 0 Å². The van der Waals surface area contributed by atoms with Crippen LogP contribution in [0.5, 0.6) is 11.5 Å². The molecule has 2 aliphatic rings. The summed E-state index contributed by atoms with van der Waals surface area (Å²) in [5, 5.41) is 32.8. The first kappa shape index (κ1) is 20.1. The maximum Gasteiger partial charge on any atom is 0.303 e. The van der Waals surface area contributed by atoms with Crippen LogP contribution in [-0.4, -0.2) is 38.4 Å². The fourth-order valence-electron chi connectivity index (χ4n) is 4.48. The summed E-state index contributed by atoms with van der Waals surface area (Å²) in [5.74, 6) is -3.23. The summed E-state index contributed by atoms with van der Waals surface area (Å²) in [7, 11) is 0. The zero-order valence-corrected chi connectivity index (χ0v) is 16.4. The molecule has 0 saturated heterocycles. The van der Waals surface area contributed by atoms with E-state index in [1.807, 2.05) is 0 Å². The average Bonchev–Trinajstić information content (AvgIpc) is 2.70. The molecule has 0 bridgehead atoms. The first-order chi connectivity index (χ1) is 14.1. The predicted molar refractivity (Wildman–Crippen MR) is 104 cm³/mol. The van der Waals surface area contributed by atoms with Gasteiger partial charge in [0.05, 0.1) is 22.8 Å². The second kappa shape index (κ2) is 6.65. The number of fused-ring (bicyclic) bond motifs is 3. The van der Waals surface area contributed by atoms with E-state index in [0.29, 0.717) is 0 Å². The molecule has 0 heterocycles. The number of hydrogen-bond acceptors (Lipinski definition) is 8. The van der Waals surface area contributed by atoms with E-state index in [9.17, 15) is 29.7 Å². The molecular formula is C22H21NO7. The van der Waals surface area contributed by atoms with Crippen LogP contribution < -0.4 is 5.73 Å². The third-order valence-corrected chi connectivity index (χ3v) is 6.03. The smallest absolute Gasteiger partial charge is 0.303 e. The van der Waals surface area contributed by atoms with Gasteiger partial charge in [0.15, 0.2) is 11.6 Å². The highest BCUT2D eigenvalue weighted by Crippen LogP contribution is 2.55. The van der Waals surface area contributed by atoms with Gasteiger partial charge in [-0.05, 0) is 12.8 Å². The van der Waals surface area contributed by atoms with Crippen molar-refractivity contribution in [3.8, 4) is 11.5 Å². The van der Waals surface area contributed by atoms with Gasteiger partial charge >= 0.3 is 5.97 Å². The molecule has 0 spiro atoms. The van der Waals surface area contributed by atoms with E-state index in [-0.39, 0.29) is 46.2 Å². The lowest BCUT2D eigenvalue weighted by molar-refractivity contribution is -0.153. The van der Waals surface area contributed by atoms with Crippen LogP contribution >= 0.6 is 0 Å². The highest BCUT2D eigenvalue weighted by molar-refractivity contribution is 6.30. The van der Waals surface area contributed by atoms with E-state index < -0.39 is 46.8 Å². The Hall–Kier alpha value is -3.23. The fourth-order valence-corrected chi connectivity index (χ4v) is 4.48. The molecule has 156 valence electrons. The molecule has 0 aliphatic heterocycles. The van der Waals surface area contributed by atoms with Gasteiger partial charge in [0.2, 0.25) is 0 Å². The van der Waals surface area contributed by atoms with Crippen molar-refractivity contribution in [3.63, 3.8) is 0 Å². The number of hydrogen-bond donors (Lipinski definition) is 4. The number of benzene rings is 2. The van der Waals surface area contributed by atoms with Crippen molar-refractivity contribution < 1.29 is 34.4 Å². The van der Waals surface area contributed by atoms with Crippen molar-refractivity contribution in [1.29, 1.82) is 0 Å². The van der Waals surface area contributed by atoms with Crippen molar-refractivity contribution in [2.45, 2.75) is 44.4 Å². The summed E-state index contributed by atoms with van der Waals surface area (Å²) in [6.45, 7) is 2.90. The van der Waals surface area contributed by atoms with Gasteiger partial charge in [-0.1, -0.05) is 31.2 Å². The molecule has 0 radical (unpaired) electrons. The molecule has 2 aliphatic carbocycles. The van der Waals surface area contributed by atoms with Gasteiger partial charge in [-0.25, -0.2) is 0 Å². The summed E-state index contributed by atoms with van der Waals surface area (Å²) >= 11 is 0. The number of aliphatic hydroxyl groups is 1. The van der Waals surface area contributed by atoms with Crippen LogP contribution in [0.1, 0.15) is 81.9 Å². The second-order valence-corrected chi connectivity index (χ2v) is 7.77. The molecule has 0 amide bonds. The lowest BCUT2D eigenvalue weighted by Crippen LogP contribution is -2.51. The third kappa shape index (κ3) is 2.57. The maximum absolute atomic E-state index is 13.1. The van der Waals surface area contributed by atoms with Crippen molar-refractivity contribution in [3.05, 3.63) is 57.6 Å². The lowest BCUT2D eigenvalue weighted by Gasteiger charge is -2.43. The monoisotopic (exact) mass is 411 g/mol. The number of aliphatic hydroxyl groups excluding tert-OH is 1. The van der Waals surface area contributed by atoms with Gasteiger partial charge in [-0.15, -0.1) is 0 Å². The predicted octanol–water partition coefficient (Wildman–Crippen LogP) is 2.02. The van der Waals surface area contributed by atoms with E-state index in [2.05, 4.69) is 0 Å². The number of ether oxygens (including phenoxy) is 1. The van der Waals surface area contributed by atoms with Crippen LogP contribution in [0.15, 0.2) is 24.3 Å². The first-order valence-corrected chi connectivity index (χ1v) is 9.56. The normalized spacial score (nSPS) is 24.7. The minimum Gasteiger partial charge on any atom is -0.507 e. The minimum absolute atomic E-state index is 0.0829. The number of phenols is 2. The Balaban J connectivity index is 2.07. The second-order valence-electron chi connectivity index (χ2n) is 7.77. The quantitative estimate of drug-likeness (QED) is 0.370. The molecule has 2 aromatic carbocycles. The number of nitrogens with two attached hydrogens (primary N) is 1. The zero-order valence-electron chi connectivity index (χ0n) is 16.4. The van der Waals surface area contributed by atoms with Crippen LogP contribution in [0.4, 0.5) is 0 Å². The van der Waals surface area contributed by atoms with E-state index in [1.165, 1.54) is 19.1 Å². The van der Waals surface area contributed by atoms with Crippen LogP contribution in [0, 0.1) is 0 Å². The number of aromatic hydroxyl groups is 2. The molecule has 0 fully saturated rings. The summed E-state index contributed by atoms with van der Waals surface area (Å²) in [5.41, 5.74) is 4.25. The Labute approximate surface area is 171 Å². The van der Waals surface area contributed by atoms with E-state index in [0.717, 1.165) is 0 Å². The van der Waals surface area contributed by atoms with Crippen molar-refractivity contribution in [1.82, 2.24) is 0 Å². The van der Waals surface area contributed by atoms with Crippen LogP contribution in [-0.2, 0) is 9.53 Å². The molecule has 0 aromatic heterocycles. The molecule has 30 heavy (non-hydrogen) atoms. The number of ketones is 2. The maximum atomic E-state index is 13.1. The summed E-state index contributed by atoms with van der Waals surface area (Å²) in [6.07, 6.45) is -2.38. The molecule has 4 rings (SSSR count). The number of rotatable bonds is 2. The topological polar surface area (TPSA) is 147 Å². The standard InChI is InChI=1S/C22H21NO7/c1-3-22(23)8-12(25)13-16(21(22)30-9(2)24)20(29)15-14(19(13)28)17(26)10-6-4-5-7-11(10)18(15)27/h4-7,12,21,25,28-29H,3,8,23H2,1-2H3/t12-,21+,22-/m0/s1. The number of phenolic OH excluding ortho intramolecular Hbond substituents is 2. The SMILES string of the molecule is CC[C@]1(N)C[C@H](O)c2c(O)c3c(c(O)c2[C@H]1OC(C)=O)C(=O)c1ccccc1C3=O. The Morgan fingerprint density at radius 1 is 1.10 bits per heavy atom. The summed E-state index contributed by atoms with van der Waals surface area (Å²) in [6, 6.07) is 6.07. The highest BCUT2D eigenvalue weighted by Gasteiger charge is 2.50. The largest absolute Gasteiger partial charge is 0.507 e. The van der Waals surface area contributed by atoms with Crippen molar-refractivity contribution in [2.24, 2.45) is 5.73 Å².